The zero-order valence-corrected chi connectivity index (χ0v) is 7.64. The minimum absolute atomic E-state index is 0.211. The molecule has 0 aromatic carbocycles. The summed E-state index contributed by atoms with van der Waals surface area (Å²) < 4.78 is 8.96. The molecule has 0 rings (SSSR count). The average molecular weight is 160 g/mol. The molecule has 3 heteroatoms. The lowest BCUT2D eigenvalue weighted by atomic mass is 10.7. The topological polar surface area (TPSA) is 35.5 Å². The third-order valence-corrected chi connectivity index (χ3v) is 0.696. The van der Waals surface area contributed by atoms with Gasteiger partial charge in [-0.1, -0.05) is 6.58 Å². The van der Waals surface area contributed by atoms with E-state index in [1.165, 1.54) is 6.92 Å². The molecule has 0 unspecified atom stereocenters. The summed E-state index contributed by atoms with van der Waals surface area (Å²) in [4.78, 5) is 9.82. The molecule has 0 heterocycles. The highest BCUT2D eigenvalue weighted by Crippen LogP contribution is 1.80. The van der Waals surface area contributed by atoms with Gasteiger partial charge in [0.05, 0.1) is 19.5 Å². The first-order valence-electron chi connectivity index (χ1n) is 3.37. The first-order valence-corrected chi connectivity index (χ1v) is 3.37. The van der Waals surface area contributed by atoms with Crippen LogP contribution >= 0.6 is 0 Å². The number of rotatable bonds is 2. The Hall–Kier alpha value is -0.990. The molecule has 0 N–H and O–H groups in total. The summed E-state index contributed by atoms with van der Waals surface area (Å²) in [6.07, 6.45) is 0. The highest BCUT2D eigenvalue weighted by molar-refractivity contribution is 5.65. The standard InChI is InChI=1S/C4H8O2.C4H8O/c1-3-6-4(2)5;1-4(2)5-3/h3H2,1-2H3;1H2,2-3H3. The van der Waals surface area contributed by atoms with Crippen LogP contribution in [-0.4, -0.2) is 19.7 Å². The van der Waals surface area contributed by atoms with Gasteiger partial charge in [0.1, 0.15) is 0 Å². The van der Waals surface area contributed by atoms with E-state index < -0.39 is 0 Å². The Labute approximate surface area is 68.0 Å². The Kier molecular flexibility index (Phi) is 10.4. The second-order valence-electron chi connectivity index (χ2n) is 1.83. The van der Waals surface area contributed by atoms with Crippen LogP contribution in [0.15, 0.2) is 12.3 Å². The van der Waals surface area contributed by atoms with Crippen molar-refractivity contribution in [3.8, 4) is 0 Å². The van der Waals surface area contributed by atoms with Crippen LogP contribution in [0.2, 0.25) is 0 Å². The van der Waals surface area contributed by atoms with Crippen LogP contribution in [0.5, 0.6) is 0 Å². The maximum atomic E-state index is 9.82. The summed E-state index contributed by atoms with van der Waals surface area (Å²) in [7, 11) is 1.60. The van der Waals surface area contributed by atoms with Crippen molar-refractivity contribution >= 4 is 5.97 Å². The molecule has 0 saturated carbocycles. The van der Waals surface area contributed by atoms with Gasteiger partial charge < -0.3 is 9.47 Å². The van der Waals surface area contributed by atoms with E-state index in [1.807, 2.05) is 0 Å². The number of esters is 1. The van der Waals surface area contributed by atoms with Crippen molar-refractivity contribution in [3.05, 3.63) is 12.3 Å². The molecule has 0 fully saturated rings. The number of hydrogen-bond acceptors (Lipinski definition) is 3. The molecule has 11 heavy (non-hydrogen) atoms. The highest BCUT2D eigenvalue weighted by atomic mass is 16.5. The number of carbonyl (C=O) groups excluding carboxylic acids is 1. The number of carbonyl (C=O) groups is 1. The van der Waals surface area contributed by atoms with Crippen LogP contribution in [0.25, 0.3) is 0 Å². The van der Waals surface area contributed by atoms with E-state index in [-0.39, 0.29) is 5.97 Å². The van der Waals surface area contributed by atoms with Gasteiger partial charge in [-0.05, 0) is 13.8 Å². The molecule has 0 aliphatic carbocycles. The second kappa shape index (κ2) is 9.01. The average Bonchev–Trinajstić information content (AvgIpc) is 1.89. The van der Waals surface area contributed by atoms with Crippen molar-refractivity contribution in [1.29, 1.82) is 0 Å². The molecule has 0 aromatic rings. The van der Waals surface area contributed by atoms with Crippen molar-refractivity contribution < 1.29 is 14.3 Å². The van der Waals surface area contributed by atoms with Gasteiger partial charge in [0.2, 0.25) is 0 Å². The zero-order chi connectivity index (χ0) is 9.28. The van der Waals surface area contributed by atoms with Gasteiger partial charge in [0.25, 0.3) is 0 Å². The number of ether oxygens (including phenoxy) is 2. The van der Waals surface area contributed by atoms with Crippen LogP contribution in [0.1, 0.15) is 20.8 Å². The molecule has 0 aromatic heterocycles. The van der Waals surface area contributed by atoms with E-state index in [0.29, 0.717) is 6.61 Å². The van der Waals surface area contributed by atoms with E-state index in [9.17, 15) is 4.79 Å². The summed E-state index contributed by atoms with van der Waals surface area (Å²) in [5, 5.41) is 0. The molecule has 0 spiro atoms. The Bertz CT molecular complexity index is 119. The SMILES string of the molecule is C=C(C)OC.CCOC(C)=O. The molecule has 0 aliphatic heterocycles. The van der Waals surface area contributed by atoms with Crippen molar-refractivity contribution in [3.63, 3.8) is 0 Å². The number of allylic oxidation sites excluding steroid dienone is 1. The van der Waals surface area contributed by atoms with Gasteiger partial charge in [-0.15, -0.1) is 0 Å². The lowest BCUT2D eigenvalue weighted by molar-refractivity contribution is -0.140. The zero-order valence-electron chi connectivity index (χ0n) is 7.64. The normalized spacial score (nSPS) is 7.27. The summed E-state index contributed by atoms with van der Waals surface area (Å²) in [5.74, 6) is 0.544. The number of hydrogen-bond donors (Lipinski definition) is 0. The quantitative estimate of drug-likeness (QED) is 0.456. The van der Waals surface area contributed by atoms with E-state index in [2.05, 4.69) is 16.1 Å². The Morgan fingerprint density at radius 1 is 1.45 bits per heavy atom. The molecule has 0 bridgehead atoms. The molecular formula is C8H16O3. The Morgan fingerprint density at radius 3 is 1.82 bits per heavy atom. The van der Waals surface area contributed by atoms with Crippen LogP contribution in [0, 0.1) is 0 Å². The molecule has 0 amide bonds. The predicted molar refractivity (Wildman–Crippen MR) is 44.1 cm³/mol. The third-order valence-electron chi connectivity index (χ3n) is 0.696. The summed E-state index contributed by atoms with van der Waals surface area (Å²) >= 11 is 0. The first kappa shape index (κ1) is 12.7. The van der Waals surface area contributed by atoms with Gasteiger partial charge in [0.15, 0.2) is 0 Å². The van der Waals surface area contributed by atoms with Gasteiger partial charge in [0, 0.05) is 6.92 Å². The lowest BCUT2D eigenvalue weighted by Crippen LogP contribution is -1.95. The third kappa shape index (κ3) is 27.5. The fraction of sp³-hybridized carbons (Fsp3) is 0.625. The molecule has 3 nitrogen and oxygen atoms in total. The van der Waals surface area contributed by atoms with Crippen molar-refractivity contribution in [2.75, 3.05) is 13.7 Å². The second-order valence-corrected chi connectivity index (χ2v) is 1.83. The molecule has 0 atom stereocenters. The van der Waals surface area contributed by atoms with Gasteiger partial charge in [-0.2, -0.15) is 0 Å². The number of methoxy groups -OCH3 is 1. The van der Waals surface area contributed by atoms with E-state index in [4.69, 9.17) is 0 Å². The van der Waals surface area contributed by atoms with Crippen molar-refractivity contribution in [2.24, 2.45) is 0 Å². The molecule has 0 radical (unpaired) electrons. The fourth-order valence-electron chi connectivity index (χ4n) is 0.203. The van der Waals surface area contributed by atoms with E-state index in [0.717, 1.165) is 5.76 Å². The smallest absolute Gasteiger partial charge is 0.302 e. The monoisotopic (exact) mass is 160 g/mol. The summed E-state index contributed by atoms with van der Waals surface area (Å²) in [6.45, 7) is 8.91. The van der Waals surface area contributed by atoms with E-state index in [1.54, 1.807) is 21.0 Å². The molecule has 0 aliphatic rings. The fourth-order valence-corrected chi connectivity index (χ4v) is 0.203. The van der Waals surface area contributed by atoms with Crippen LogP contribution in [-0.2, 0) is 14.3 Å². The summed E-state index contributed by atoms with van der Waals surface area (Å²) in [6, 6.07) is 0. The van der Waals surface area contributed by atoms with Gasteiger partial charge >= 0.3 is 5.97 Å². The van der Waals surface area contributed by atoms with Crippen LogP contribution in [0.3, 0.4) is 0 Å². The van der Waals surface area contributed by atoms with Gasteiger partial charge in [-0.3, -0.25) is 4.79 Å². The minimum Gasteiger partial charge on any atom is -0.502 e. The van der Waals surface area contributed by atoms with Crippen LogP contribution < -0.4 is 0 Å². The highest BCUT2D eigenvalue weighted by Gasteiger charge is 1.81. The Morgan fingerprint density at radius 2 is 1.82 bits per heavy atom. The van der Waals surface area contributed by atoms with Crippen molar-refractivity contribution in [1.82, 2.24) is 0 Å². The van der Waals surface area contributed by atoms with Crippen LogP contribution in [0.4, 0.5) is 0 Å². The first-order chi connectivity index (χ1) is 5.04. The van der Waals surface area contributed by atoms with Crippen molar-refractivity contribution in [2.45, 2.75) is 20.8 Å². The predicted octanol–water partition coefficient (Wildman–Crippen LogP) is 1.74. The lowest BCUT2D eigenvalue weighted by Gasteiger charge is -1.89. The van der Waals surface area contributed by atoms with Gasteiger partial charge in [-0.25, -0.2) is 0 Å². The molecular weight excluding hydrogens is 144 g/mol. The molecule has 66 valence electrons. The minimum atomic E-state index is -0.211. The molecule has 0 saturated heterocycles. The largest absolute Gasteiger partial charge is 0.502 e. The maximum absolute atomic E-state index is 9.82. The Balaban J connectivity index is 0. The van der Waals surface area contributed by atoms with E-state index >= 15 is 0 Å². The summed E-state index contributed by atoms with van der Waals surface area (Å²) in [5.41, 5.74) is 0. The maximum Gasteiger partial charge on any atom is 0.302 e.